The van der Waals surface area contributed by atoms with E-state index in [2.05, 4.69) is 20.9 Å². The maximum absolute atomic E-state index is 11.5. The monoisotopic (exact) mass is 350 g/mol. The van der Waals surface area contributed by atoms with Crippen LogP contribution in [0.4, 0.5) is 4.79 Å². The highest BCUT2D eigenvalue weighted by Gasteiger charge is 2.19. The lowest BCUT2D eigenvalue weighted by Crippen LogP contribution is -2.09. The third kappa shape index (κ3) is 2.09. The first-order valence-corrected chi connectivity index (χ1v) is 6.91. The highest BCUT2D eigenvalue weighted by Crippen LogP contribution is 2.32. The Morgan fingerprint density at radius 2 is 2.00 bits per heavy atom. The van der Waals surface area contributed by atoms with Crippen LogP contribution in [0.2, 0.25) is 5.02 Å². The molecular formula is C14H8BrClN2O2. The van der Waals surface area contributed by atoms with Crippen LogP contribution in [0.25, 0.3) is 22.4 Å². The van der Waals surface area contributed by atoms with E-state index in [0.717, 1.165) is 9.04 Å². The number of imidazole rings is 1. The summed E-state index contributed by atoms with van der Waals surface area (Å²) in [6.07, 6.45) is -1.09. The summed E-state index contributed by atoms with van der Waals surface area (Å²) >= 11 is 9.52. The molecule has 0 aliphatic rings. The van der Waals surface area contributed by atoms with Crippen molar-refractivity contribution in [3.8, 4) is 11.4 Å². The molecule has 0 unspecified atom stereocenters. The van der Waals surface area contributed by atoms with Gasteiger partial charge in [0.2, 0.25) is 0 Å². The van der Waals surface area contributed by atoms with E-state index >= 15 is 0 Å². The Hall–Kier alpha value is -1.85. The van der Waals surface area contributed by atoms with Gasteiger partial charge in [0.05, 0.1) is 16.1 Å². The lowest BCUT2D eigenvalue weighted by molar-refractivity contribution is 0.197. The highest BCUT2D eigenvalue weighted by molar-refractivity contribution is 9.10. The van der Waals surface area contributed by atoms with E-state index in [0.29, 0.717) is 27.4 Å². The number of benzene rings is 2. The molecule has 0 aliphatic heterocycles. The number of nitrogens with zero attached hydrogens (tertiary/aromatic N) is 2. The van der Waals surface area contributed by atoms with Crippen molar-refractivity contribution in [2.45, 2.75) is 0 Å². The second-order valence-corrected chi connectivity index (χ2v) is 5.49. The minimum atomic E-state index is -1.09. The number of para-hydroxylation sites is 2. The zero-order chi connectivity index (χ0) is 14.3. The Morgan fingerprint density at radius 3 is 2.75 bits per heavy atom. The number of halogens is 2. The molecule has 0 amide bonds. The zero-order valence-corrected chi connectivity index (χ0v) is 12.4. The number of carboxylic acid groups (broad SMARTS) is 1. The molecule has 0 spiro atoms. The second kappa shape index (κ2) is 4.92. The van der Waals surface area contributed by atoms with Gasteiger partial charge in [0.15, 0.2) is 5.82 Å². The molecule has 4 nitrogen and oxygen atoms in total. The number of rotatable bonds is 1. The number of hydrogen-bond acceptors (Lipinski definition) is 2. The number of aromatic nitrogens is 2. The van der Waals surface area contributed by atoms with Crippen LogP contribution in [0.1, 0.15) is 0 Å². The van der Waals surface area contributed by atoms with Crippen molar-refractivity contribution in [3.05, 3.63) is 52.0 Å². The van der Waals surface area contributed by atoms with Crippen molar-refractivity contribution in [1.29, 1.82) is 0 Å². The van der Waals surface area contributed by atoms with E-state index in [1.54, 1.807) is 36.4 Å². The minimum absolute atomic E-state index is 0.310. The van der Waals surface area contributed by atoms with Crippen LogP contribution in [-0.2, 0) is 0 Å². The van der Waals surface area contributed by atoms with Crippen molar-refractivity contribution in [1.82, 2.24) is 9.55 Å². The van der Waals surface area contributed by atoms with Crippen LogP contribution >= 0.6 is 27.5 Å². The van der Waals surface area contributed by atoms with Gasteiger partial charge in [0, 0.05) is 10.0 Å². The lowest BCUT2D eigenvalue weighted by atomic mass is 10.2. The van der Waals surface area contributed by atoms with Gasteiger partial charge in [-0.25, -0.2) is 14.3 Å². The Balaban J connectivity index is 2.38. The fourth-order valence-corrected chi connectivity index (χ4v) is 2.63. The van der Waals surface area contributed by atoms with Crippen LogP contribution < -0.4 is 0 Å². The van der Waals surface area contributed by atoms with Gasteiger partial charge in [-0.05, 0) is 30.3 Å². The van der Waals surface area contributed by atoms with Gasteiger partial charge in [-0.15, -0.1) is 0 Å². The summed E-state index contributed by atoms with van der Waals surface area (Å²) in [5.74, 6) is 0.310. The van der Waals surface area contributed by atoms with E-state index in [1.807, 2.05) is 6.07 Å². The molecule has 0 aliphatic carbocycles. The van der Waals surface area contributed by atoms with Crippen molar-refractivity contribution >= 4 is 44.7 Å². The first kappa shape index (κ1) is 13.1. The van der Waals surface area contributed by atoms with E-state index < -0.39 is 6.09 Å². The molecule has 3 rings (SSSR count). The van der Waals surface area contributed by atoms with Gasteiger partial charge in [-0.1, -0.05) is 39.7 Å². The fraction of sp³-hybridized carbons (Fsp3) is 0. The average molecular weight is 352 g/mol. The maximum Gasteiger partial charge on any atom is 0.417 e. The molecule has 1 N–H and O–H groups in total. The summed E-state index contributed by atoms with van der Waals surface area (Å²) in [6, 6.07) is 12.3. The Kier molecular flexibility index (Phi) is 3.23. The number of carbonyl (C=O) groups is 1. The van der Waals surface area contributed by atoms with Crippen LogP contribution in [0, 0.1) is 0 Å². The van der Waals surface area contributed by atoms with E-state index in [4.69, 9.17) is 11.6 Å². The molecule has 2 aromatic carbocycles. The summed E-state index contributed by atoms with van der Waals surface area (Å²) in [5, 5.41) is 9.89. The van der Waals surface area contributed by atoms with Gasteiger partial charge in [0.1, 0.15) is 0 Å². The van der Waals surface area contributed by atoms with Crippen LogP contribution in [0.5, 0.6) is 0 Å². The van der Waals surface area contributed by atoms with Gasteiger partial charge in [-0.3, -0.25) is 0 Å². The number of hydrogen-bond donors (Lipinski definition) is 1. The standard InChI is InChI=1S/C14H8BrClN2O2/c15-8-5-6-10(16)9(7-8)13-17-11-3-1-2-4-12(11)18(13)14(19)20/h1-7H,(H,19,20). The summed E-state index contributed by atoms with van der Waals surface area (Å²) in [5.41, 5.74) is 1.71. The molecule has 0 atom stereocenters. The topological polar surface area (TPSA) is 55.1 Å². The average Bonchev–Trinajstić information content (AvgIpc) is 2.80. The smallest absolute Gasteiger partial charge is 0.417 e. The predicted molar refractivity (Wildman–Crippen MR) is 81.3 cm³/mol. The molecular weight excluding hydrogens is 344 g/mol. The highest BCUT2D eigenvalue weighted by atomic mass is 79.9. The third-order valence-electron chi connectivity index (χ3n) is 2.92. The molecule has 20 heavy (non-hydrogen) atoms. The Bertz CT molecular complexity index is 829. The predicted octanol–water partition coefficient (Wildman–Crippen LogP) is 4.65. The zero-order valence-electron chi connectivity index (χ0n) is 10.0. The summed E-state index contributed by atoms with van der Waals surface area (Å²) < 4.78 is 1.95. The lowest BCUT2D eigenvalue weighted by Gasteiger charge is -2.06. The minimum Gasteiger partial charge on any atom is -0.464 e. The van der Waals surface area contributed by atoms with Crippen molar-refractivity contribution < 1.29 is 9.90 Å². The normalized spacial score (nSPS) is 10.9. The molecule has 0 saturated carbocycles. The maximum atomic E-state index is 11.5. The molecule has 0 radical (unpaired) electrons. The largest absolute Gasteiger partial charge is 0.464 e. The Morgan fingerprint density at radius 1 is 1.25 bits per heavy atom. The molecule has 1 aromatic heterocycles. The van der Waals surface area contributed by atoms with Crippen LogP contribution in [-0.4, -0.2) is 20.8 Å². The summed E-state index contributed by atoms with van der Waals surface area (Å²) in [4.78, 5) is 15.9. The molecule has 0 fully saturated rings. The van der Waals surface area contributed by atoms with Crippen LogP contribution in [0.15, 0.2) is 46.9 Å². The fourth-order valence-electron chi connectivity index (χ4n) is 2.07. The Labute approximate surface area is 127 Å². The third-order valence-corrected chi connectivity index (χ3v) is 3.74. The van der Waals surface area contributed by atoms with Crippen molar-refractivity contribution in [2.75, 3.05) is 0 Å². The molecule has 0 bridgehead atoms. The molecule has 3 aromatic rings. The first-order valence-electron chi connectivity index (χ1n) is 5.74. The quantitative estimate of drug-likeness (QED) is 0.694. The molecule has 100 valence electrons. The van der Waals surface area contributed by atoms with Crippen LogP contribution in [0.3, 0.4) is 0 Å². The molecule has 0 saturated heterocycles. The number of fused-ring (bicyclic) bond motifs is 1. The molecule has 1 heterocycles. The van der Waals surface area contributed by atoms with Gasteiger partial charge in [-0.2, -0.15) is 0 Å². The van der Waals surface area contributed by atoms with Crippen molar-refractivity contribution in [2.24, 2.45) is 0 Å². The second-order valence-electron chi connectivity index (χ2n) is 4.17. The van der Waals surface area contributed by atoms with Gasteiger partial charge in [0.25, 0.3) is 0 Å². The van der Waals surface area contributed by atoms with Crippen molar-refractivity contribution in [3.63, 3.8) is 0 Å². The SMILES string of the molecule is O=C(O)n1c(-c2cc(Br)ccc2Cl)nc2ccccc21. The molecule has 6 heteroatoms. The summed E-state index contributed by atoms with van der Waals surface area (Å²) in [6.45, 7) is 0. The van der Waals surface area contributed by atoms with E-state index in [9.17, 15) is 9.90 Å². The summed E-state index contributed by atoms with van der Waals surface area (Å²) in [7, 11) is 0. The van der Waals surface area contributed by atoms with E-state index in [-0.39, 0.29) is 0 Å². The van der Waals surface area contributed by atoms with Gasteiger partial charge >= 0.3 is 6.09 Å². The first-order chi connectivity index (χ1) is 9.58. The van der Waals surface area contributed by atoms with E-state index in [1.165, 1.54) is 0 Å². The van der Waals surface area contributed by atoms with Gasteiger partial charge < -0.3 is 5.11 Å².